The van der Waals surface area contributed by atoms with Gasteiger partial charge in [0.2, 0.25) is 0 Å². The highest BCUT2D eigenvalue weighted by atomic mass is 15.3. The van der Waals surface area contributed by atoms with Crippen molar-refractivity contribution in [3.05, 3.63) is 0 Å². The van der Waals surface area contributed by atoms with E-state index in [1.807, 2.05) is 0 Å². The molecule has 1 aliphatic rings. The average Bonchev–Trinajstić information content (AvgIpc) is 2.23. The van der Waals surface area contributed by atoms with Crippen molar-refractivity contribution >= 4 is 5.96 Å². The fourth-order valence-corrected chi connectivity index (χ4v) is 2.12. The molecule has 1 atom stereocenters. The molecule has 1 heterocycles. The van der Waals surface area contributed by atoms with Crippen LogP contribution >= 0.6 is 0 Å². The Morgan fingerprint density at radius 3 is 2.50 bits per heavy atom. The summed E-state index contributed by atoms with van der Waals surface area (Å²) in [5, 5.41) is 0. The number of guanidine groups is 1. The SMILES string of the molecule is CC1CN(C)CCCN1C(N)=NC(C)(C)C. The minimum atomic E-state index is -0.0952. The number of aliphatic imine (C=N–C) groups is 1. The van der Waals surface area contributed by atoms with Gasteiger partial charge in [0.25, 0.3) is 0 Å². The van der Waals surface area contributed by atoms with E-state index in [2.05, 4.69) is 49.5 Å². The fourth-order valence-electron chi connectivity index (χ4n) is 2.12. The van der Waals surface area contributed by atoms with E-state index in [0.717, 1.165) is 26.1 Å². The van der Waals surface area contributed by atoms with Crippen molar-refractivity contribution in [3.8, 4) is 0 Å². The normalized spacial score (nSPS) is 25.7. The number of likely N-dealkylation sites (N-methyl/N-ethyl adjacent to an activating group) is 1. The number of rotatable bonds is 0. The number of hydrogen-bond acceptors (Lipinski definition) is 2. The molecule has 1 aliphatic heterocycles. The maximum absolute atomic E-state index is 6.10. The standard InChI is InChI=1S/C12H26N4/c1-10-9-15(5)7-6-8-16(10)11(13)14-12(2,3)4/h10H,6-9H2,1-5H3,(H2,13,14). The van der Waals surface area contributed by atoms with Gasteiger partial charge in [0.05, 0.1) is 5.54 Å². The van der Waals surface area contributed by atoms with Gasteiger partial charge in [-0.2, -0.15) is 0 Å². The van der Waals surface area contributed by atoms with Crippen LogP contribution in [0.2, 0.25) is 0 Å². The summed E-state index contributed by atoms with van der Waals surface area (Å²) in [4.78, 5) is 9.14. The van der Waals surface area contributed by atoms with Gasteiger partial charge >= 0.3 is 0 Å². The Hall–Kier alpha value is -0.770. The Morgan fingerprint density at radius 2 is 1.94 bits per heavy atom. The van der Waals surface area contributed by atoms with Gasteiger partial charge in [0.1, 0.15) is 0 Å². The summed E-state index contributed by atoms with van der Waals surface area (Å²) < 4.78 is 0. The predicted molar refractivity (Wildman–Crippen MR) is 69.7 cm³/mol. The van der Waals surface area contributed by atoms with Gasteiger partial charge in [-0.3, -0.25) is 0 Å². The lowest BCUT2D eigenvalue weighted by atomic mass is 10.1. The lowest BCUT2D eigenvalue weighted by molar-refractivity contribution is 0.282. The number of hydrogen-bond donors (Lipinski definition) is 1. The molecule has 0 aromatic carbocycles. The van der Waals surface area contributed by atoms with E-state index in [1.54, 1.807) is 0 Å². The molecule has 0 spiro atoms. The lowest BCUT2D eigenvalue weighted by Crippen LogP contribution is -2.46. The van der Waals surface area contributed by atoms with Crippen LogP contribution in [0.1, 0.15) is 34.1 Å². The van der Waals surface area contributed by atoms with Gasteiger partial charge < -0.3 is 15.5 Å². The molecule has 4 nitrogen and oxygen atoms in total. The first-order valence-corrected chi connectivity index (χ1v) is 6.10. The van der Waals surface area contributed by atoms with Crippen LogP contribution in [0, 0.1) is 0 Å². The van der Waals surface area contributed by atoms with Crippen LogP contribution < -0.4 is 5.73 Å². The quantitative estimate of drug-likeness (QED) is 0.497. The van der Waals surface area contributed by atoms with Crippen molar-refractivity contribution in [1.82, 2.24) is 9.80 Å². The fraction of sp³-hybridized carbons (Fsp3) is 0.917. The van der Waals surface area contributed by atoms with E-state index in [4.69, 9.17) is 5.73 Å². The molecule has 0 aromatic heterocycles. The zero-order valence-electron chi connectivity index (χ0n) is 11.3. The minimum absolute atomic E-state index is 0.0952. The molecule has 1 rings (SSSR count). The highest BCUT2D eigenvalue weighted by Gasteiger charge is 2.22. The molecule has 1 unspecified atom stereocenters. The Balaban J connectivity index is 2.74. The van der Waals surface area contributed by atoms with Crippen molar-refractivity contribution in [2.75, 3.05) is 26.7 Å². The molecule has 0 saturated carbocycles. The summed E-state index contributed by atoms with van der Waals surface area (Å²) in [5.74, 6) is 0.690. The molecule has 0 aliphatic carbocycles. The second-order valence-electron chi connectivity index (χ2n) is 5.80. The van der Waals surface area contributed by atoms with Crippen LogP contribution in [-0.2, 0) is 0 Å². The van der Waals surface area contributed by atoms with Crippen LogP contribution in [0.5, 0.6) is 0 Å². The summed E-state index contributed by atoms with van der Waals surface area (Å²) in [5.41, 5.74) is 6.00. The second kappa shape index (κ2) is 5.04. The van der Waals surface area contributed by atoms with E-state index < -0.39 is 0 Å². The van der Waals surface area contributed by atoms with E-state index in [-0.39, 0.29) is 5.54 Å². The topological polar surface area (TPSA) is 44.9 Å². The average molecular weight is 226 g/mol. The van der Waals surface area contributed by atoms with E-state index in [0.29, 0.717) is 12.0 Å². The van der Waals surface area contributed by atoms with Gasteiger partial charge in [-0.05, 0) is 47.7 Å². The molecule has 0 bridgehead atoms. The van der Waals surface area contributed by atoms with Crippen LogP contribution in [0.3, 0.4) is 0 Å². The molecular weight excluding hydrogens is 200 g/mol. The number of nitrogens with zero attached hydrogens (tertiary/aromatic N) is 3. The Morgan fingerprint density at radius 1 is 1.31 bits per heavy atom. The summed E-state index contributed by atoms with van der Waals surface area (Å²) in [6, 6.07) is 0.443. The third-order valence-electron chi connectivity index (χ3n) is 2.79. The van der Waals surface area contributed by atoms with Gasteiger partial charge in [0, 0.05) is 19.1 Å². The molecule has 16 heavy (non-hydrogen) atoms. The minimum Gasteiger partial charge on any atom is -0.370 e. The zero-order chi connectivity index (χ0) is 12.3. The first-order chi connectivity index (χ1) is 7.29. The third-order valence-corrected chi connectivity index (χ3v) is 2.79. The van der Waals surface area contributed by atoms with Gasteiger partial charge in [-0.25, -0.2) is 4.99 Å². The van der Waals surface area contributed by atoms with Crippen LogP contribution in [0.15, 0.2) is 4.99 Å². The van der Waals surface area contributed by atoms with E-state index in [9.17, 15) is 0 Å². The predicted octanol–water partition coefficient (Wildman–Crippen LogP) is 1.13. The summed E-state index contributed by atoms with van der Waals surface area (Å²) in [6.07, 6.45) is 1.15. The van der Waals surface area contributed by atoms with E-state index >= 15 is 0 Å². The van der Waals surface area contributed by atoms with E-state index in [1.165, 1.54) is 0 Å². The van der Waals surface area contributed by atoms with Gasteiger partial charge in [0.15, 0.2) is 5.96 Å². The number of nitrogens with two attached hydrogens (primary N) is 1. The highest BCUT2D eigenvalue weighted by molar-refractivity contribution is 5.78. The summed E-state index contributed by atoms with van der Waals surface area (Å²) >= 11 is 0. The highest BCUT2D eigenvalue weighted by Crippen LogP contribution is 2.11. The second-order valence-corrected chi connectivity index (χ2v) is 5.80. The first-order valence-electron chi connectivity index (χ1n) is 6.10. The largest absolute Gasteiger partial charge is 0.370 e. The van der Waals surface area contributed by atoms with Crippen LogP contribution in [0.4, 0.5) is 0 Å². The van der Waals surface area contributed by atoms with Crippen molar-refractivity contribution in [1.29, 1.82) is 0 Å². The monoisotopic (exact) mass is 226 g/mol. The maximum Gasteiger partial charge on any atom is 0.192 e. The Bertz CT molecular complexity index is 254. The smallest absolute Gasteiger partial charge is 0.192 e. The molecule has 4 heteroatoms. The Labute approximate surface area is 99.5 Å². The molecule has 1 fully saturated rings. The summed E-state index contributed by atoms with van der Waals surface area (Å²) in [7, 11) is 2.16. The molecule has 0 amide bonds. The van der Waals surface area contributed by atoms with Crippen molar-refractivity contribution in [2.24, 2.45) is 10.7 Å². The third kappa shape index (κ3) is 4.00. The zero-order valence-corrected chi connectivity index (χ0v) is 11.3. The molecule has 0 aromatic rings. The van der Waals surface area contributed by atoms with Crippen LogP contribution in [0.25, 0.3) is 0 Å². The Kier molecular flexibility index (Phi) is 4.19. The maximum atomic E-state index is 6.10. The summed E-state index contributed by atoms with van der Waals surface area (Å²) in [6.45, 7) is 11.7. The van der Waals surface area contributed by atoms with Crippen molar-refractivity contribution in [3.63, 3.8) is 0 Å². The molecular formula is C12H26N4. The van der Waals surface area contributed by atoms with Gasteiger partial charge in [-0.15, -0.1) is 0 Å². The van der Waals surface area contributed by atoms with Crippen LogP contribution in [-0.4, -0.2) is 54.0 Å². The molecule has 94 valence electrons. The molecule has 1 saturated heterocycles. The first kappa shape index (κ1) is 13.3. The molecule has 0 radical (unpaired) electrons. The lowest BCUT2D eigenvalue weighted by Gasteiger charge is -2.30. The molecule has 2 N–H and O–H groups in total. The van der Waals surface area contributed by atoms with Gasteiger partial charge in [-0.1, -0.05) is 0 Å². The van der Waals surface area contributed by atoms with Crippen molar-refractivity contribution in [2.45, 2.75) is 45.7 Å². The van der Waals surface area contributed by atoms with Crippen molar-refractivity contribution < 1.29 is 0 Å².